The zero-order valence-electron chi connectivity index (χ0n) is 26.2. The Morgan fingerprint density at radius 2 is 1.04 bits per heavy atom. The van der Waals surface area contributed by atoms with Crippen molar-refractivity contribution in [1.82, 2.24) is 10.1 Å². The van der Waals surface area contributed by atoms with E-state index in [4.69, 9.17) is 10.1 Å². The number of rotatable bonds is 7. The van der Waals surface area contributed by atoms with Gasteiger partial charge < -0.3 is 0 Å². The summed E-state index contributed by atoms with van der Waals surface area (Å²) in [5.74, 6) is 1.55. The summed E-state index contributed by atoms with van der Waals surface area (Å²) < 4.78 is 2.01. The lowest BCUT2D eigenvalue weighted by Crippen LogP contribution is -2.40. The third-order valence-electron chi connectivity index (χ3n) is 8.76. The van der Waals surface area contributed by atoms with E-state index in [0.717, 1.165) is 44.8 Å². The highest BCUT2D eigenvalue weighted by atomic mass is 15.3. The summed E-state index contributed by atoms with van der Waals surface area (Å²) in [6.07, 6.45) is 0. The van der Waals surface area contributed by atoms with Crippen molar-refractivity contribution in [2.45, 2.75) is 6.54 Å². The third-order valence-corrected chi connectivity index (χ3v) is 8.76. The smallest absolute Gasteiger partial charge is 0.234 e. The largest absolute Gasteiger partial charge is 0.334 e. The van der Waals surface area contributed by atoms with Crippen molar-refractivity contribution in [2.75, 3.05) is 0 Å². The molecule has 0 N–H and O–H groups in total. The molecule has 8 aromatic rings. The van der Waals surface area contributed by atoms with Crippen LogP contribution in [0.5, 0.6) is 0 Å². The first-order valence-corrected chi connectivity index (χ1v) is 16.0. The molecule has 0 saturated heterocycles. The number of hydrogen-bond acceptors (Lipinski definition) is 2. The molecule has 0 aliphatic rings. The second kappa shape index (κ2) is 12.7. The molecule has 0 spiro atoms. The molecule has 0 aliphatic heterocycles. The summed E-state index contributed by atoms with van der Waals surface area (Å²) in [5, 5.41) is 16.6. The van der Waals surface area contributed by atoms with Gasteiger partial charge in [0.05, 0.1) is 17.2 Å². The SMILES string of the molecule is N#Cc1ccc(-c2cccc(-c3ccc(-c4cccc(-c5nc(-c6ccccc6)[n-][n+]5Cc5ccccc5)c4)c4ccccc34)c2)cc1. The van der Waals surface area contributed by atoms with E-state index >= 15 is 0 Å². The Kier molecular flexibility index (Phi) is 7.62. The van der Waals surface area contributed by atoms with Crippen molar-refractivity contribution in [3.05, 3.63) is 181 Å². The van der Waals surface area contributed by atoms with Crippen LogP contribution in [-0.4, -0.2) is 4.98 Å². The predicted octanol–water partition coefficient (Wildman–Crippen LogP) is 9.73. The first-order chi connectivity index (χ1) is 23.7. The maximum Gasteiger partial charge on any atom is 0.334 e. The second-order valence-electron chi connectivity index (χ2n) is 11.8. The van der Waals surface area contributed by atoms with Gasteiger partial charge in [0.2, 0.25) is 5.82 Å². The van der Waals surface area contributed by atoms with Crippen molar-refractivity contribution in [1.29, 1.82) is 5.26 Å². The predicted molar refractivity (Wildman–Crippen MR) is 193 cm³/mol. The van der Waals surface area contributed by atoms with E-state index in [1.807, 2.05) is 53.2 Å². The molecule has 0 amide bonds. The molecule has 4 nitrogen and oxygen atoms in total. The van der Waals surface area contributed by atoms with E-state index in [0.29, 0.717) is 17.9 Å². The van der Waals surface area contributed by atoms with Gasteiger partial charge in [-0.15, -0.1) is 0 Å². The molecular formula is C44H30N4. The maximum absolute atomic E-state index is 9.22. The Bertz CT molecular complexity index is 2420. The van der Waals surface area contributed by atoms with Crippen LogP contribution < -0.4 is 9.78 Å². The number of nitrogens with zero attached hydrogens (tertiary/aromatic N) is 4. The minimum absolute atomic E-state index is 0.624. The normalized spacial score (nSPS) is 11.0. The topological polar surface area (TPSA) is 54.7 Å². The fraction of sp³-hybridized carbons (Fsp3) is 0.0227. The molecule has 48 heavy (non-hydrogen) atoms. The monoisotopic (exact) mass is 614 g/mol. The highest BCUT2D eigenvalue weighted by Gasteiger charge is 2.21. The molecule has 0 radical (unpaired) electrons. The highest BCUT2D eigenvalue weighted by Crippen LogP contribution is 2.37. The molecule has 0 unspecified atom stereocenters. The van der Waals surface area contributed by atoms with Crippen molar-refractivity contribution >= 4 is 10.8 Å². The molecule has 1 heterocycles. The van der Waals surface area contributed by atoms with Crippen LogP contribution in [0.15, 0.2) is 170 Å². The van der Waals surface area contributed by atoms with Gasteiger partial charge in [0.1, 0.15) is 6.54 Å². The van der Waals surface area contributed by atoms with Crippen molar-refractivity contribution in [3.8, 4) is 62.2 Å². The van der Waals surface area contributed by atoms with Crippen LogP contribution in [0.25, 0.3) is 66.9 Å². The molecule has 4 heteroatoms. The van der Waals surface area contributed by atoms with Crippen LogP contribution in [0.2, 0.25) is 0 Å². The standard InChI is InChI=1S/C44H30N4/c45-29-31-21-23-33(24-22-31)35-15-9-16-36(27-35)39-25-26-40(42-20-8-7-19-41(39)42)37-17-10-18-38(28-37)44-46-43(34-13-5-2-6-14-34)47-48(44)30-32-11-3-1-4-12-32/h1-28H,30H2. The lowest BCUT2D eigenvalue weighted by Gasteiger charge is -2.13. The quantitative estimate of drug-likeness (QED) is 0.168. The van der Waals surface area contributed by atoms with Crippen LogP contribution >= 0.6 is 0 Å². The van der Waals surface area contributed by atoms with E-state index in [1.54, 1.807) is 0 Å². The van der Waals surface area contributed by atoms with Gasteiger partial charge in [0, 0.05) is 5.56 Å². The van der Waals surface area contributed by atoms with Gasteiger partial charge in [-0.3, -0.25) is 0 Å². The molecular weight excluding hydrogens is 585 g/mol. The summed E-state index contributed by atoms with van der Waals surface area (Å²) in [6.45, 7) is 0.624. The minimum Gasteiger partial charge on any atom is -0.234 e. The van der Waals surface area contributed by atoms with E-state index in [-0.39, 0.29) is 0 Å². The fourth-order valence-corrected chi connectivity index (χ4v) is 6.36. The van der Waals surface area contributed by atoms with Gasteiger partial charge in [0.25, 0.3) is 0 Å². The molecule has 7 aromatic carbocycles. The summed E-state index contributed by atoms with van der Waals surface area (Å²) in [4.78, 5) is 5.08. The molecule has 226 valence electrons. The Labute approximate surface area is 279 Å². The van der Waals surface area contributed by atoms with E-state index in [9.17, 15) is 5.26 Å². The van der Waals surface area contributed by atoms with Crippen LogP contribution in [0.4, 0.5) is 0 Å². The highest BCUT2D eigenvalue weighted by molar-refractivity contribution is 6.05. The molecule has 8 rings (SSSR count). The van der Waals surface area contributed by atoms with Crippen molar-refractivity contribution in [2.24, 2.45) is 0 Å². The van der Waals surface area contributed by atoms with Crippen molar-refractivity contribution in [3.63, 3.8) is 0 Å². The lowest BCUT2D eigenvalue weighted by molar-refractivity contribution is -0.737. The average Bonchev–Trinajstić information content (AvgIpc) is 3.59. The molecule has 0 saturated carbocycles. The van der Waals surface area contributed by atoms with E-state index < -0.39 is 0 Å². The summed E-state index contributed by atoms with van der Waals surface area (Å²) in [5.41, 5.74) is 10.7. The fourth-order valence-electron chi connectivity index (χ4n) is 6.36. The van der Waals surface area contributed by atoms with Crippen LogP contribution in [-0.2, 0) is 6.54 Å². The Morgan fingerprint density at radius 1 is 0.500 bits per heavy atom. The Morgan fingerprint density at radius 3 is 1.69 bits per heavy atom. The molecule has 0 atom stereocenters. The average molecular weight is 615 g/mol. The third kappa shape index (κ3) is 5.66. The molecule has 0 aliphatic carbocycles. The number of fused-ring (bicyclic) bond motifs is 1. The van der Waals surface area contributed by atoms with E-state index in [2.05, 4.69) is 127 Å². The zero-order valence-corrected chi connectivity index (χ0v) is 26.2. The number of hydrogen-bond donors (Lipinski definition) is 0. The van der Waals surface area contributed by atoms with Gasteiger partial charge >= 0.3 is 5.82 Å². The molecule has 0 bridgehead atoms. The van der Waals surface area contributed by atoms with Gasteiger partial charge in [-0.05, 0) is 85.0 Å². The van der Waals surface area contributed by atoms with Crippen LogP contribution in [0, 0.1) is 11.3 Å². The maximum atomic E-state index is 9.22. The number of aromatic nitrogens is 3. The van der Waals surface area contributed by atoms with E-state index in [1.165, 1.54) is 21.9 Å². The molecule has 1 aromatic heterocycles. The van der Waals surface area contributed by atoms with Crippen molar-refractivity contribution < 1.29 is 4.68 Å². The molecule has 0 fully saturated rings. The van der Waals surface area contributed by atoms with Gasteiger partial charge in [-0.2, -0.15) is 5.26 Å². The van der Waals surface area contributed by atoms with Gasteiger partial charge in [0.15, 0.2) is 0 Å². The summed E-state index contributed by atoms with van der Waals surface area (Å²) in [7, 11) is 0. The Balaban J connectivity index is 1.20. The summed E-state index contributed by atoms with van der Waals surface area (Å²) >= 11 is 0. The minimum atomic E-state index is 0.624. The van der Waals surface area contributed by atoms with Crippen LogP contribution in [0.1, 0.15) is 11.1 Å². The van der Waals surface area contributed by atoms with Gasteiger partial charge in [-0.1, -0.05) is 140 Å². The number of benzene rings is 7. The zero-order chi connectivity index (χ0) is 32.3. The first-order valence-electron chi connectivity index (χ1n) is 16.0. The second-order valence-corrected chi connectivity index (χ2v) is 11.8. The first kappa shape index (κ1) is 28.9. The number of nitriles is 1. The van der Waals surface area contributed by atoms with Gasteiger partial charge in [-0.25, -0.2) is 9.78 Å². The lowest BCUT2D eigenvalue weighted by atomic mass is 9.90. The Hall–Kier alpha value is -6.57. The summed E-state index contributed by atoms with van der Waals surface area (Å²) in [6, 6.07) is 60.8. The van der Waals surface area contributed by atoms with Crippen LogP contribution in [0.3, 0.4) is 0 Å².